The molecule has 0 bridgehead atoms. The first-order valence-corrected chi connectivity index (χ1v) is 7.11. The Kier molecular flexibility index (Phi) is 3.53. The summed E-state index contributed by atoms with van der Waals surface area (Å²) < 4.78 is 16.8. The van der Waals surface area contributed by atoms with Crippen LogP contribution < -0.4 is 14.2 Å². The highest BCUT2D eigenvalue weighted by atomic mass is 16.5. The van der Waals surface area contributed by atoms with Gasteiger partial charge in [-0.15, -0.1) is 0 Å². The number of Topliss-reactive ketones (excluding diaryl/α,β-unsaturated/α-hetero) is 1. The fourth-order valence-corrected chi connectivity index (χ4v) is 2.83. The number of carbonyl (C=O) groups excluding carboxylic acids is 1. The third-order valence-electron chi connectivity index (χ3n) is 3.99. The Balaban J connectivity index is 2.11. The Morgan fingerprint density at radius 1 is 1.09 bits per heavy atom. The van der Waals surface area contributed by atoms with Crippen molar-refractivity contribution in [3.8, 4) is 17.2 Å². The van der Waals surface area contributed by atoms with Gasteiger partial charge >= 0.3 is 0 Å². The Morgan fingerprint density at radius 3 is 2.45 bits per heavy atom. The second-order valence-corrected chi connectivity index (χ2v) is 5.50. The number of carbonyl (C=O) groups is 1. The molecule has 4 nitrogen and oxygen atoms in total. The van der Waals surface area contributed by atoms with Crippen LogP contribution in [0.1, 0.15) is 29.3 Å². The van der Waals surface area contributed by atoms with Crippen LogP contribution in [0.15, 0.2) is 42.5 Å². The van der Waals surface area contributed by atoms with Crippen molar-refractivity contribution in [2.24, 2.45) is 0 Å². The van der Waals surface area contributed by atoms with Gasteiger partial charge in [0.1, 0.15) is 28.4 Å². The SMILES string of the molecule is COc1cc(OC)c2c(c1)O[C@@](C)(c1ccccc1)CC2=O. The number of rotatable bonds is 3. The number of hydrogen-bond donors (Lipinski definition) is 0. The van der Waals surface area contributed by atoms with Crippen molar-refractivity contribution in [1.29, 1.82) is 0 Å². The van der Waals surface area contributed by atoms with Crippen molar-refractivity contribution < 1.29 is 19.0 Å². The van der Waals surface area contributed by atoms with Gasteiger partial charge in [0.05, 0.1) is 20.6 Å². The van der Waals surface area contributed by atoms with E-state index in [1.54, 1.807) is 19.2 Å². The lowest BCUT2D eigenvalue weighted by Gasteiger charge is -2.36. The highest BCUT2D eigenvalue weighted by Gasteiger charge is 2.39. The molecule has 1 aliphatic heterocycles. The number of benzene rings is 2. The standard InChI is InChI=1S/C18H18O4/c1-18(12-7-5-4-6-8-12)11-14(19)17-15(21-3)9-13(20-2)10-16(17)22-18/h4-10H,11H2,1-3H3/t18-/m1/s1. The van der Waals surface area contributed by atoms with Crippen LogP contribution in [0.4, 0.5) is 0 Å². The van der Waals surface area contributed by atoms with Crippen LogP contribution in [0.5, 0.6) is 17.2 Å². The van der Waals surface area contributed by atoms with Crippen molar-refractivity contribution in [2.45, 2.75) is 18.9 Å². The maximum atomic E-state index is 12.7. The topological polar surface area (TPSA) is 44.8 Å². The van der Waals surface area contributed by atoms with E-state index in [1.807, 2.05) is 37.3 Å². The van der Waals surface area contributed by atoms with Crippen LogP contribution in [-0.2, 0) is 5.60 Å². The molecule has 0 saturated heterocycles. The second-order valence-electron chi connectivity index (χ2n) is 5.50. The lowest BCUT2D eigenvalue weighted by atomic mass is 9.85. The van der Waals surface area contributed by atoms with Gasteiger partial charge in [-0.25, -0.2) is 0 Å². The second kappa shape index (κ2) is 5.37. The third kappa shape index (κ3) is 2.30. The zero-order chi connectivity index (χ0) is 15.7. The molecule has 114 valence electrons. The molecule has 0 N–H and O–H groups in total. The van der Waals surface area contributed by atoms with E-state index in [0.717, 1.165) is 5.56 Å². The van der Waals surface area contributed by atoms with E-state index in [-0.39, 0.29) is 12.2 Å². The largest absolute Gasteiger partial charge is 0.496 e. The van der Waals surface area contributed by atoms with Crippen LogP contribution in [0.3, 0.4) is 0 Å². The Hall–Kier alpha value is -2.49. The molecule has 0 radical (unpaired) electrons. The molecule has 2 aromatic rings. The zero-order valence-corrected chi connectivity index (χ0v) is 12.9. The number of hydrogen-bond acceptors (Lipinski definition) is 4. The Morgan fingerprint density at radius 2 is 1.82 bits per heavy atom. The summed E-state index contributed by atoms with van der Waals surface area (Å²) in [7, 11) is 3.11. The van der Waals surface area contributed by atoms with E-state index < -0.39 is 5.60 Å². The smallest absolute Gasteiger partial charge is 0.174 e. The van der Waals surface area contributed by atoms with Crippen LogP contribution in [0.2, 0.25) is 0 Å². The van der Waals surface area contributed by atoms with Gasteiger partial charge < -0.3 is 14.2 Å². The summed E-state index contributed by atoms with van der Waals surface area (Å²) in [5.74, 6) is 1.58. The number of fused-ring (bicyclic) bond motifs is 1. The molecular weight excluding hydrogens is 280 g/mol. The molecule has 0 amide bonds. The van der Waals surface area contributed by atoms with Gasteiger partial charge in [0.15, 0.2) is 5.78 Å². The van der Waals surface area contributed by atoms with E-state index in [1.165, 1.54) is 7.11 Å². The fraction of sp³-hybridized carbons (Fsp3) is 0.278. The molecule has 0 spiro atoms. The minimum Gasteiger partial charge on any atom is -0.496 e. The predicted molar refractivity (Wildman–Crippen MR) is 82.9 cm³/mol. The van der Waals surface area contributed by atoms with Crippen LogP contribution >= 0.6 is 0 Å². The molecule has 3 rings (SSSR count). The van der Waals surface area contributed by atoms with Gasteiger partial charge in [-0.3, -0.25) is 4.79 Å². The summed E-state index contributed by atoms with van der Waals surface area (Å²) in [6, 6.07) is 13.2. The molecule has 0 fully saturated rings. The van der Waals surface area contributed by atoms with Gasteiger partial charge in [0.25, 0.3) is 0 Å². The van der Waals surface area contributed by atoms with Crippen molar-refractivity contribution in [2.75, 3.05) is 14.2 Å². The summed E-state index contributed by atoms with van der Waals surface area (Å²) in [6.07, 6.45) is 0.271. The third-order valence-corrected chi connectivity index (χ3v) is 3.99. The van der Waals surface area contributed by atoms with Crippen molar-refractivity contribution in [3.05, 3.63) is 53.6 Å². The first kappa shape index (κ1) is 14.4. The van der Waals surface area contributed by atoms with Gasteiger partial charge in [-0.1, -0.05) is 30.3 Å². The summed E-state index contributed by atoms with van der Waals surface area (Å²) in [5, 5.41) is 0. The minimum absolute atomic E-state index is 0.00658. The lowest BCUT2D eigenvalue weighted by molar-refractivity contribution is 0.0496. The maximum absolute atomic E-state index is 12.7. The summed E-state index contributed by atoms with van der Waals surface area (Å²) in [6.45, 7) is 1.93. The summed E-state index contributed by atoms with van der Waals surface area (Å²) in [4.78, 5) is 12.7. The number of ketones is 1. The lowest BCUT2D eigenvalue weighted by Crippen LogP contribution is -2.36. The van der Waals surface area contributed by atoms with E-state index in [0.29, 0.717) is 22.8 Å². The molecular formula is C18H18O4. The highest BCUT2D eigenvalue weighted by Crippen LogP contribution is 2.44. The van der Waals surface area contributed by atoms with Gasteiger partial charge in [-0.05, 0) is 12.5 Å². The average Bonchev–Trinajstić information content (AvgIpc) is 2.54. The molecule has 0 aliphatic carbocycles. The molecule has 22 heavy (non-hydrogen) atoms. The zero-order valence-electron chi connectivity index (χ0n) is 12.9. The van der Waals surface area contributed by atoms with Crippen molar-refractivity contribution in [3.63, 3.8) is 0 Å². The molecule has 1 atom stereocenters. The molecule has 1 aliphatic rings. The van der Waals surface area contributed by atoms with E-state index >= 15 is 0 Å². The highest BCUT2D eigenvalue weighted by molar-refractivity contribution is 6.03. The van der Waals surface area contributed by atoms with E-state index in [4.69, 9.17) is 14.2 Å². The molecule has 2 aromatic carbocycles. The molecule has 0 unspecified atom stereocenters. The molecule has 0 saturated carbocycles. The number of methoxy groups -OCH3 is 2. The number of ether oxygens (including phenoxy) is 3. The minimum atomic E-state index is -0.692. The molecule has 4 heteroatoms. The van der Waals surface area contributed by atoms with Crippen molar-refractivity contribution in [1.82, 2.24) is 0 Å². The first-order valence-electron chi connectivity index (χ1n) is 7.11. The van der Waals surface area contributed by atoms with Gasteiger partial charge in [-0.2, -0.15) is 0 Å². The van der Waals surface area contributed by atoms with Gasteiger partial charge in [0, 0.05) is 12.1 Å². The predicted octanol–water partition coefficient (Wildman–Crippen LogP) is 3.58. The molecule has 0 aromatic heterocycles. The fourth-order valence-electron chi connectivity index (χ4n) is 2.83. The van der Waals surface area contributed by atoms with Crippen molar-refractivity contribution >= 4 is 5.78 Å². The first-order chi connectivity index (χ1) is 10.6. The van der Waals surface area contributed by atoms with E-state index in [2.05, 4.69) is 0 Å². The van der Waals surface area contributed by atoms with Gasteiger partial charge in [0.2, 0.25) is 0 Å². The molecule has 1 heterocycles. The maximum Gasteiger partial charge on any atom is 0.174 e. The Labute approximate surface area is 129 Å². The quantitative estimate of drug-likeness (QED) is 0.868. The normalized spacial score (nSPS) is 20.0. The van der Waals surface area contributed by atoms with Crippen LogP contribution in [0, 0.1) is 0 Å². The monoisotopic (exact) mass is 298 g/mol. The van der Waals surface area contributed by atoms with Crippen LogP contribution in [-0.4, -0.2) is 20.0 Å². The van der Waals surface area contributed by atoms with Crippen LogP contribution in [0.25, 0.3) is 0 Å². The van der Waals surface area contributed by atoms with E-state index in [9.17, 15) is 4.79 Å². The average molecular weight is 298 g/mol. The summed E-state index contributed by atoms with van der Waals surface area (Å²) in [5.41, 5.74) is 0.760. The Bertz CT molecular complexity index is 709. The summed E-state index contributed by atoms with van der Waals surface area (Å²) >= 11 is 0.